The lowest BCUT2D eigenvalue weighted by Gasteiger charge is -2.04. The maximum atomic E-state index is 12.4. The summed E-state index contributed by atoms with van der Waals surface area (Å²) in [5.41, 5.74) is 4.72. The first-order valence-corrected chi connectivity index (χ1v) is 8.93. The second-order valence-corrected chi connectivity index (χ2v) is 6.77. The van der Waals surface area contributed by atoms with Gasteiger partial charge in [0.25, 0.3) is 5.91 Å². The largest absolute Gasteiger partial charge is 0.392 e. The molecule has 26 heavy (non-hydrogen) atoms. The highest BCUT2D eigenvalue weighted by Gasteiger charge is 2.13. The summed E-state index contributed by atoms with van der Waals surface area (Å²) in [5.74, 6) is -0.285. The van der Waals surface area contributed by atoms with E-state index in [1.165, 1.54) is 11.3 Å². The average Bonchev–Trinajstić information content (AvgIpc) is 3.27. The Kier molecular flexibility index (Phi) is 4.24. The number of pyridine rings is 1. The third-order valence-electron chi connectivity index (χ3n) is 3.97. The smallest absolute Gasteiger partial charge is 0.277 e. The predicted octanol–water partition coefficient (Wildman–Crippen LogP) is 3.51. The minimum Gasteiger partial charge on any atom is -0.392 e. The summed E-state index contributed by atoms with van der Waals surface area (Å²) in [6.07, 6.45) is 3.62. The Hall–Kier alpha value is -3.03. The first kappa shape index (κ1) is 16.4. The number of carbonyl (C=O) groups excluding carboxylic acids is 1. The topological polar surface area (TPSA) is 79.5 Å². The van der Waals surface area contributed by atoms with E-state index in [1.54, 1.807) is 6.20 Å². The van der Waals surface area contributed by atoms with Gasteiger partial charge in [-0.05, 0) is 41.8 Å². The van der Waals surface area contributed by atoms with Crippen molar-refractivity contribution >= 4 is 28.0 Å². The molecule has 2 N–H and O–H groups in total. The van der Waals surface area contributed by atoms with Crippen molar-refractivity contribution in [1.29, 1.82) is 0 Å². The lowest BCUT2D eigenvalue weighted by Crippen LogP contribution is -2.12. The van der Waals surface area contributed by atoms with Crippen LogP contribution in [0.1, 0.15) is 21.7 Å². The molecule has 4 rings (SSSR count). The van der Waals surface area contributed by atoms with Crippen molar-refractivity contribution in [3.05, 3.63) is 71.1 Å². The number of anilines is 1. The summed E-state index contributed by atoms with van der Waals surface area (Å²) in [7, 11) is 0. The van der Waals surface area contributed by atoms with Gasteiger partial charge >= 0.3 is 0 Å². The number of nitrogens with one attached hydrogen (secondary N) is 1. The molecule has 0 unspecified atom stereocenters. The summed E-state index contributed by atoms with van der Waals surface area (Å²) < 4.78 is 1.82. The molecule has 0 bridgehead atoms. The van der Waals surface area contributed by atoms with Crippen LogP contribution in [0, 0.1) is 6.92 Å². The number of rotatable bonds is 4. The summed E-state index contributed by atoms with van der Waals surface area (Å²) in [4.78, 5) is 21.0. The van der Waals surface area contributed by atoms with Crippen molar-refractivity contribution in [3.8, 4) is 11.1 Å². The van der Waals surface area contributed by atoms with Crippen LogP contribution in [0.4, 0.5) is 5.13 Å². The summed E-state index contributed by atoms with van der Waals surface area (Å²) >= 11 is 1.38. The van der Waals surface area contributed by atoms with Crippen molar-refractivity contribution in [2.45, 2.75) is 13.5 Å². The molecule has 4 aromatic rings. The van der Waals surface area contributed by atoms with Crippen LogP contribution in [0.5, 0.6) is 0 Å². The van der Waals surface area contributed by atoms with E-state index in [0.717, 1.165) is 22.4 Å². The van der Waals surface area contributed by atoms with Crippen molar-refractivity contribution in [1.82, 2.24) is 14.4 Å². The summed E-state index contributed by atoms with van der Waals surface area (Å²) in [6, 6.07) is 11.5. The Morgan fingerprint density at radius 3 is 2.85 bits per heavy atom. The van der Waals surface area contributed by atoms with Gasteiger partial charge in [0.2, 0.25) is 0 Å². The number of thiazole rings is 1. The molecule has 1 aromatic carbocycles. The van der Waals surface area contributed by atoms with E-state index < -0.39 is 0 Å². The molecule has 0 aliphatic carbocycles. The number of carbonyl (C=O) groups is 1. The molecular weight excluding hydrogens is 348 g/mol. The number of aromatic nitrogens is 3. The van der Waals surface area contributed by atoms with E-state index in [4.69, 9.17) is 0 Å². The third-order valence-corrected chi connectivity index (χ3v) is 4.84. The van der Waals surface area contributed by atoms with Gasteiger partial charge in [0.05, 0.1) is 12.3 Å². The molecule has 3 aromatic heterocycles. The summed E-state index contributed by atoms with van der Waals surface area (Å²) in [6.45, 7) is 1.88. The lowest BCUT2D eigenvalue weighted by atomic mass is 10.1. The van der Waals surface area contributed by atoms with E-state index in [9.17, 15) is 9.90 Å². The number of imidazole rings is 1. The van der Waals surface area contributed by atoms with Gasteiger partial charge in [-0.15, -0.1) is 11.3 Å². The normalized spacial score (nSPS) is 11.0. The van der Waals surface area contributed by atoms with Crippen LogP contribution in [0.3, 0.4) is 0 Å². The van der Waals surface area contributed by atoms with E-state index in [-0.39, 0.29) is 12.5 Å². The number of hydrogen-bond donors (Lipinski definition) is 2. The van der Waals surface area contributed by atoms with Crippen molar-refractivity contribution in [2.24, 2.45) is 0 Å². The zero-order valence-electron chi connectivity index (χ0n) is 14.0. The molecular formula is C19H16N4O2S. The number of aliphatic hydroxyl groups is 1. The minimum atomic E-state index is -0.285. The van der Waals surface area contributed by atoms with E-state index in [0.29, 0.717) is 16.5 Å². The van der Waals surface area contributed by atoms with Gasteiger partial charge in [-0.1, -0.05) is 18.2 Å². The molecule has 1 amide bonds. The Balaban J connectivity index is 1.64. The van der Waals surface area contributed by atoms with Gasteiger partial charge in [0.15, 0.2) is 5.13 Å². The zero-order chi connectivity index (χ0) is 18.1. The van der Waals surface area contributed by atoms with Crippen LogP contribution in [0.15, 0.2) is 54.2 Å². The Morgan fingerprint density at radius 2 is 2.08 bits per heavy atom. The molecule has 0 saturated heterocycles. The number of aryl methyl sites for hydroxylation is 1. The van der Waals surface area contributed by atoms with E-state index >= 15 is 0 Å². The number of amides is 1. The molecule has 0 atom stereocenters. The minimum absolute atomic E-state index is 0.00170. The molecule has 0 aliphatic rings. The highest BCUT2D eigenvalue weighted by Crippen LogP contribution is 2.22. The number of hydrogen-bond acceptors (Lipinski definition) is 5. The highest BCUT2D eigenvalue weighted by atomic mass is 32.1. The van der Waals surface area contributed by atoms with Crippen molar-refractivity contribution in [3.63, 3.8) is 0 Å². The fraction of sp³-hybridized carbons (Fsp3) is 0.105. The molecule has 130 valence electrons. The van der Waals surface area contributed by atoms with Crippen LogP contribution in [-0.4, -0.2) is 25.4 Å². The van der Waals surface area contributed by atoms with E-state index in [2.05, 4.69) is 15.3 Å². The molecule has 0 fully saturated rings. The van der Waals surface area contributed by atoms with Crippen LogP contribution in [0.2, 0.25) is 0 Å². The first-order valence-electron chi connectivity index (χ1n) is 8.05. The van der Waals surface area contributed by atoms with Gasteiger partial charge in [-0.2, -0.15) is 0 Å². The monoisotopic (exact) mass is 364 g/mol. The zero-order valence-corrected chi connectivity index (χ0v) is 14.8. The third kappa shape index (κ3) is 3.22. The molecule has 0 radical (unpaired) electrons. The maximum Gasteiger partial charge on any atom is 0.277 e. The standard InChI is InChI=1S/C19H16N4O2S/c1-12-11-26-19(20-12)22-18(25)16-9-23-8-15(5-6-17(23)21-16)14-4-2-3-13(7-14)10-24/h2-9,11,24H,10H2,1H3,(H,20,22,25). The summed E-state index contributed by atoms with van der Waals surface area (Å²) in [5, 5.41) is 14.5. The lowest BCUT2D eigenvalue weighted by molar-refractivity contribution is 0.102. The van der Waals surface area contributed by atoms with Crippen LogP contribution < -0.4 is 5.32 Å². The number of fused-ring (bicyclic) bond motifs is 1. The molecule has 3 heterocycles. The number of benzene rings is 1. The molecule has 0 spiro atoms. The van der Waals surface area contributed by atoms with Gasteiger partial charge < -0.3 is 9.51 Å². The van der Waals surface area contributed by atoms with Crippen molar-refractivity contribution < 1.29 is 9.90 Å². The van der Waals surface area contributed by atoms with Gasteiger partial charge in [0, 0.05) is 17.8 Å². The molecule has 6 nitrogen and oxygen atoms in total. The average molecular weight is 364 g/mol. The fourth-order valence-electron chi connectivity index (χ4n) is 2.69. The van der Waals surface area contributed by atoms with Crippen LogP contribution in [0.25, 0.3) is 16.8 Å². The van der Waals surface area contributed by atoms with E-state index in [1.807, 2.05) is 59.3 Å². The Labute approximate surface area is 153 Å². The van der Waals surface area contributed by atoms with Gasteiger partial charge in [-0.25, -0.2) is 9.97 Å². The van der Waals surface area contributed by atoms with Crippen LogP contribution in [-0.2, 0) is 6.61 Å². The maximum absolute atomic E-state index is 12.4. The highest BCUT2D eigenvalue weighted by molar-refractivity contribution is 7.13. The first-order chi connectivity index (χ1) is 12.6. The number of nitrogens with zero attached hydrogens (tertiary/aromatic N) is 3. The number of aliphatic hydroxyl groups excluding tert-OH is 1. The predicted molar refractivity (Wildman–Crippen MR) is 101 cm³/mol. The Bertz CT molecular complexity index is 1100. The van der Waals surface area contributed by atoms with Crippen molar-refractivity contribution in [2.75, 3.05) is 5.32 Å². The fourth-order valence-corrected chi connectivity index (χ4v) is 3.38. The molecule has 7 heteroatoms. The molecule has 0 saturated carbocycles. The van der Waals surface area contributed by atoms with Gasteiger partial charge in [0.1, 0.15) is 11.3 Å². The Morgan fingerprint density at radius 1 is 1.19 bits per heavy atom. The SMILES string of the molecule is Cc1csc(NC(=O)c2cn3cc(-c4cccc(CO)c4)ccc3n2)n1. The molecule has 0 aliphatic heterocycles. The van der Waals surface area contributed by atoms with Crippen LogP contribution >= 0.6 is 11.3 Å². The quantitative estimate of drug-likeness (QED) is 0.581. The van der Waals surface area contributed by atoms with Gasteiger partial charge in [-0.3, -0.25) is 10.1 Å². The second kappa shape index (κ2) is 6.70. The second-order valence-electron chi connectivity index (χ2n) is 5.92.